The van der Waals surface area contributed by atoms with Gasteiger partial charge in [-0.25, -0.2) is 4.79 Å². The predicted octanol–water partition coefficient (Wildman–Crippen LogP) is 0.206. The number of hydrogen-bond acceptors (Lipinski definition) is 4. The molecular weight excluding hydrogens is 439 g/mol. The zero-order valence-corrected chi connectivity index (χ0v) is 15.8. The van der Waals surface area contributed by atoms with E-state index in [1.165, 1.54) is 12.1 Å². The van der Waals surface area contributed by atoms with Crippen LogP contribution >= 0.6 is 0 Å². The number of carboxylic acids is 1. The molecule has 0 saturated carbocycles. The molecule has 0 radical (unpaired) electrons. The summed E-state index contributed by atoms with van der Waals surface area (Å²) in [5, 5.41) is 20.5. The Kier molecular flexibility index (Phi) is 6.79. The van der Waals surface area contributed by atoms with Crippen LogP contribution in [-0.4, -0.2) is 41.3 Å². The molecule has 0 aliphatic heterocycles. The molecule has 1 rings (SSSR count). The van der Waals surface area contributed by atoms with E-state index in [-0.39, 0.29) is 12.5 Å². The van der Waals surface area contributed by atoms with Crippen molar-refractivity contribution >= 4 is 11.9 Å². The monoisotopic (exact) mass is 454 g/mol. The fraction of sp³-hybridized carbons (Fsp3) is 0.333. The molecule has 7 heteroatoms. The van der Waals surface area contributed by atoms with Crippen molar-refractivity contribution in [2.24, 2.45) is 0 Å². The Bertz CT molecular complexity index is 434. The molecule has 1 atom stereocenters. The predicted molar refractivity (Wildman–Crippen MR) is 62.7 cm³/mol. The first-order chi connectivity index (χ1) is 9.02. The van der Waals surface area contributed by atoms with Crippen LogP contribution < -0.4 is 10.1 Å². The van der Waals surface area contributed by atoms with Gasteiger partial charge in [0.05, 0.1) is 0 Å². The maximum absolute atomic E-state index is 11.7. The van der Waals surface area contributed by atoms with Gasteiger partial charge in [0.2, 0.25) is 0 Å². The van der Waals surface area contributed by atoms with Crippen molar-refractivity contribution < 1.29 is 50.7 Å². The van der Waals surface area contributed by atoms with Crippen LogP contribution in [0.3, 0.4) is 0 Å². The molecule has 0 bridgehead atoms. The van der Waals surface area contributed by atoms with E-state index in [1.54, 1.807) is 12.1 Å². The van der Waals surface area contributed by atoms with Crippen LogP contribution in [0.2, 0.25) is 3.93 Å². The summed E-state index contributed by atoms with van der Waals surface area (Å²) in [6.07, 6.45) is -0.467. The van der Waals surface area contributed by atoms with Crippen LogP contribution in [0, 0.1) is 0 Å². The molecule has 1 unspecified atom stereocenters. The second-order valence-electron chi connectivity index (χ2n) is 3.86. The van der Waals surface area contributed by atoms with Crippen molar-refractivity contribution in [3.05, 3.63) is 29.8 Å². The third kappa shape index (κ3) is 6.02. The van der Waals surface area contributed by atoms with Crippen LogP contribution in [0.25, 0.3) is 0 Å². The molecule has 99 valence electrons. The topological polar surface area (TPSA) is 95.9 Å². The molecule has 0 fully saturated rings. The second kappa shape index (κ2) is 8.11. The number of carboxylic acid groups (broad SMARTS) is 1. The van der Waals surface area contributed by atoms with Crippen LogP contribution in [-0.2, 0) is 30.9 Å². The Morgan fingerprint density at radius 3 is 2.47 bits per heavy atom. The van der Waals surface area contributed by atoms with E-state index in [4.69, 9.17) is 9.84 Å². The van der Waals surface area contributed by atoms with Gasteiger partial charge in [0, 0.05) is 0 Å². The number of ether oxygens (including phenoxy) is 1. The molecular formula is C12H14HgNO5. The molecule has 19 heavy (non-hydrogen) atoms. The fourth-order valence-electron chi connectivity index (χ4n) is 1.26. The van der Waals surface area contributed by atoms with Gasteiger partial charge in [-0.05, 0) is 0 Å². The number of amides is 1. The number of aliphatic carboxylic acids is 1. The van der Waals surface area contributed by atoms with Crippen LogP contribution in [0.4, 0.5) is 0 Å². The SMILES string of the molecule is O=C(O)COc1ccc(C(=O)NCC(O)[CH2][Hg])cc1. The van der Waals surface area contributed by atoms with Crippen molar-refractivity contribution in [1.29, 1.82) is 0 Å². The van der Waals surface area contributed by atoms with Gasteiger partial charge in [-0.2, -0.15) is 0 Å². The molecule has 0 saturated heterocycles. The Morgan fingerprint density at radius 2 is 1.95 bits per heavy atom. The Morgan fingerprint density at radius 1 is 1.32 bits per heavy atom. The van der Waals surface area contributed by atoms with E-state index in [0.717, 1.165) is 3.93 Å². The van der Waals surface area contributed by atoms with Crippen molar-refractivity contribution in [2.75, 3.05) is 13.2 Å². The number of benzene rings is 1. The zero-order valence-electron chi connectivity index (χ0n) is 10.3. The average molecular weight is 453 g/mol. The summed E-state index contributed by atoms with van der Waals surface area (Å²) in [5.41, 5.74) is 0.438. The summed E-state index contributed by atoms with van der Waals surface area (Å²) in [6, 6.07) is 6.15. The first-order valence-corrected chi connectivity index (χ1v) is 9.62. The summed E-state index contributed by atoms with van der Waals surface area (Å²) < 4.78 is 5.72. The van der Waals surface area contributed by atoms with Crippen LogP contribution in [0.5, 0.6) is 5.75 Å². The van der Waals surface area contributed by atoms with Gasteiger partial charge < -0.3 is 5.11 Å². The minimum atomic E-state index is -1.06. The van der Waals surface area contributed by atoms with E-state index in [0.29, 0.717) is 37.4 Å². The molecule has 0 aromatic heterocycles. The number of aliphatic hydroxyl groups is 1. The molecule has 1 aromatic carbocycles. The molecule has 0 aliphatic rings. The number of hydrogen-bond donors (Lipinski definition) is 3. The number of carbonyl (C=O) groups excluding carboxylic acids is 1. The molecule has 0 spiro atoms. The van der Waals surface area contributed by atoms with Gasteiger partial charge >= 0.3 is 117 Å². The summed E-state index contributed by atoms with van der Waals surface area (Å²) >= 11 is 0.509. The van der Waals surface area contributed by atoms with Crippen LogP contribution in [0.1, 0.15) is 10.4 Å². The van der Waals surface area contributed by atoms with Crippen molar-refractivity contribution in [2.45, 2.75) is 10.0 Å². The van der Waals surface area contributed by atoms with Gasteiger partial charge in [0.1, 0.15) is 0 Å². The molecule has 3 N–H and O–H groups in total. The van der Waals surface area contributed by atoms with Gasteiger partial charge in [0.15, 0.2) is 0 Å². The van der Waals surface area contributed by atoms with E-state index in [9.17, 15) is 14.7 Å². The van der Waals surface area contributed by atoms with Gasteiger partial charge in [0.25, 0.3) is 0 Å². The van der Waals surface area contributed by atoms with E-state index in [2.05, 4.69) is 5.32 Å². The molecule has 1 aromatic rings. The molecule has 0 aliphatic carbocycles. The third-order valence-electron chi connectivity index (χ3n) is 2.31. The minimum absolute atomic E-state index is 0.250. The van der Waals surface area contributed by atoms with E-state index < -0.39 is 18.7 Å². The number of aliphatic hydroxyl groups excluding tert-OH is 1. The fourth-order valence-corrected chi connectivity index (χ4v) is 2.06. The third-order valence-corrected chi connectivity index (χ3v) is 4.90. The quantitative estimate of drug-likeness (QED) is 0.514. The van der Waals surface area contributed by atoms with Gasteiger partial charge in [-0.3, -0.25) is 0 Å². The normalized spacial score (nSPS) is 11.7. The molecule has 0 heterocycles. The van der Waals surface area contributed by atoms with E-state index >= 15 is 0 Å². The first-order valence-electron chi connectivity index (χ1n) is 5.73. The molecule has 6 nitrogen and oxygen atoms in total. The van der Waals surface area contributed by atoms with Gasteiger partial charge in [-0.15, -0.1) is 0 Å². The van der Waals surface area contributed by atoms with Gasteiger partial charge in [-0.1, -0.05) is 0 Å². The van der Waals surface area contributed by atoms with Crippen LogP contribution in [0.15, 0.2) is 24.3 Å². The van der Waals surface area contributed by atoms with E-state index in [1.807, 2.05) is 0 Å². The summed E-state index contributed by atoms with van der Waals surface area (Å²) in [6.45, 7) is -0.167. The molecule has 1 amide bonds. The Balaban J connectivity index is 2.50. The van der Waals surface area contributed by atoms with Crippen molar-refractivity contribution in [3.8, 4) is 5.75 Å². The van der Waals surface area contributed by atoms with Crippen molar-refractivity contribution in [3.63, 3.8) is 0 Å². The second-order valence-corrected chi connectivity index (χ2v) is 6.10. The van der Waals surface area contributed by atoms with Crippen molar-refractivity contribution in [1.82, 2.24) is 5.32 Å². The summed E-state index contributed by atoms with van der Waals surface area (Å²) in [5.74, 6) is -0.938. The maximum atomic E-state index is 11.7. The Labute approximate surface area is 126 Å². The Hall–Kier alpha value is -1.14. The number of carbonyl (C=O) groups is 2. The first kappa shape index (κ1) is 15.9. The average Bonchev–Trinajstić information content (AvgIpc) is 2.42. The standard InChI is InChI=1S/C12H14NO5.Hg/c1-8(14)6-13-12(17)9-2-4-10(5-3-9)18-7-11(15)16;/h2-5,8,14H,1,6-7H2,(H,13,17)(H,15,16);. The summed E-state index contributed by atoms with van der Waals surface area (Å²) in [4.78, 5) is 22.0. The number of nitrogens with one attached hydrogen (secondary N) is 1. The number of rotatable bonds is 7. The summed E-state index contributed by atoms with van der Waals surface area (Å²) in [7, 11) is 0. The zero-order chi connectivity index (χ0) is 14.3.